The molecule has 1 aliphatic rings. The molecule has 1 aromatic rings. The lowest BCUT2D eigenvalue weighted by atomic mass is 9.97. The van der Waals surface area contributed by atoms with Crippen LogP contribution in [0.25, 0.3) is 0 Å². The lowest BCUT2D eigenvalue weighted by molar-refractivity contribution is 0.220. The van der Waals surface area contributed by atoms with Crippen LogP contribution in [0.5, 0.6) is 0 Å². The first-order chi connectivity index (χ1) is 10.7. The van der Waals surface area contributed by atoms with Crippen LogP contribution in [0, 0.1) is 11.7 Å². The van der Waals surface area contributed by atoms with Crippen molar-refractivity contribution in [2.75, 3.05) is 40.3 Å². The number of benzene rings is 1. The van der Waals surface area contributed by atoms with Crippen molar-refractivity contribution in [1.29, 1.82) is 0 Å². The second-order valence-electron chi connectivity index (χ2n) is 6.01. The Bertz CT molecular complexity index is 487. The van der Waals surface area contributed by atoms with E-state index in [0.717, 1.165) is 37.0 Å². The molecule has 0 aliphatic carbocycles. The molecule has 0 spiro atoms. The zero-order chi connectivity index (χ0) is 15.8. The predicted octanol–water partition coefficient (Wildman–Crippen LogP) is 2.49. The fraction of sp³-hybridized carbons (Fsp3) is 0.588. The highest BCUT2D eigenvalue weighted by Gasteiger charge is 2.16. The maximum atomic E-state index is 13.1. The summed E-state index contributed by atoms with van der Waals surface area (Å²) < 4.78 is 13.1. The van der Waals surface area contributed by atoms with Crippen LogP contribution >= 0.6 is 24.0 Å². The molecule has 2 N–H and O–H groups in total. The highest BCUT2D eigenvalue weighted by Crippen LogP contribution is 2.14. The van der Waals surface area contributed by atoms with Crippen molar-refractivity contribution < 1.29 is 4.39 Å². The van der Waals surface area contributed by atoms with Gasteiger partial charge in [0.15, 0.2) is 5.96 Å². The molecule has 0 atom stereocenters. The van der Waals surface area contributed by atoms with Gasteiger partial charge in [-0.2, -0.15) is 0 Å². The van der Waals surface area contributed by atoms with Crippen LogP contribution in [0.4, 0.5) is 4.39 Å². The van der Waals surface area contributed by atoms with E-state index in [1.807, 2.05) is 6.07 Å². The van der Waals surface area contributed by atoms with Gasteiger partial charge < -0.3 is 15.5 Å². The SMILES string of the molecule is CN=C(NCCc1cccc(F)c1)NCC1CCN(C)CC1.I. The van der Waals surface area contributed by atoms with Crippen LogP contribution < -0.4 is 10.6 Å². The van der Waals surface area contributed by atoms with Gasteiger partial charge in [-0.25, -0.2) is 4.39 Å². The van der Waals surface area contributed by atoms with Crippen LogP contribution in [0.1, 0.15) is 18.4 Å². The largest absolute Gasteiger partial charge is 0.356 e. The average Bonchev–Trinajstić information content (AvgIpc) is 2.52. The number of guanidine groups is 1. The van der Waals surface area contributed by atoms with Gasteiger partial charge >= 0.3 is 0 Å². The normalized spacial score (nSPS) is 16.7. The highest BCUT2D eigenvalue weighted by molar-refractivity contribution is 14.0. The van der Waals surface area contributed by atoms with Gasteiger partial charge in [0.1, 0.15) is 5.82 Å². The number of rotatable bonds is 5. The fourth-order valence-electron chi connectivity index (χ4n) is 2.75. The topological polar surface area (TPSA) is 39.7 Å². The number of halogens is 2. The van der Waals surface area contributed by atoms with E-state index in [0.29, 0.717) is 0 Å². The van der Waals surface area contributed by atoms with Crippen molar-refractivity contribution >= 4 is 29.9 Å². The summed E-state index contributed by atoms with van der Waals surface area (Å²) in [7, 11) is 3.96. The highest BCUT2D eigenvalue weighted by atomic mass is 127. The molecule has 0 amide bonds. The number of hydrogen-bond donors (Lipinski definition) is 2. The molecule has 0 aromatic heterocycles. The smallest absolute Gasteiger partial charge is 0.190 e. The quantitative estimate of drug-likeness (QED) is 0.425. The second-order valence-corrected chi connectivity index (χ2v) is 6.01. The van der Waals surface area contributed by atoms with Gasteiger partial charge in [-0.05, 0) is 63.0 Å². The minimum absolute atomic E-state index is 0. The summed E-state index contributed by atoms with van der Waals surface area (Å²) in [6.45, 7) is 4.07. The Balaban J connectivity index is 0.00000264. The van der Waals surface area contributed by atoms with E-state index in [1.54, 1.807) is 19.2 Å². The van der Waals surface area contributed by atoms with E-state index >= 15 is 0 Å². The van der Waals surface area contributed by atoms with Crippen LogP contribution in [0.2, 0.25) is 0 Å². The summed E-state index contributed by atoms with van der Waals surface area (Å²) in [6.07, 6.45) is 3.26. The molecule has 6 heteroatoms. The molecule has 0 bridgehead atoms. The van der Waals surface area contributed by atoms with Gasteiger partial charge in [0.05, 0.1) is 0 Å². The fourth-order valence-corrected chi connectivity index (χ4v) is 2.75. The van der Waals surface area contributed by atoms with Crippen molar-refractivity contribution in [2.24, 2.45) is 10.9 Å². The third-order valence-electron chi connectivity index (χ3n) is 4.22. The molecule has 130 valence electrons. The minimum Gasteiger partial charge on any atom is -0.356 e. The number of hydrogen-bond acceptors (Lipinski definition) is 2. The van der Waals surface area contributed by atoms with E-state index in [-0.39, 0.29) is 29.8 Å². The van der Waals surface area contributed by atoms with E-state index in [9.17, 15) is 4.39 Å². The van der Waals surface area contributed by atoms with Gasteiger partial charge in [0, 0.05) is 20.1 Å². The summed E-state index contributed by atoms with van der Waals surface area (Å²) in [5.74, 6) is 1.37. The molecule has 1 heterocycles. The van der Waals surface area contributed by atoms with Crippen LogP contribution in [-0.2, 0) is 6.42 Å². The number of nitrogens with one attached hydrogen (secondary N) is 2. The third-order valence-corrected chi connectivity index (χ3v) is 4.22. The first-order valence-corrected chi connectivity index (χ1v) is 8.05. The van der Waals surface area contributed by atoms with E-state index in [2.05, 4.69) is 27.6 Å². The Morgan fingerprint density at radius 1 is 1.30 bits per heavy atom. The van der Waals surface area contributed by atoms with Crippen molar-refractivity contribution in [3.63, 3.8) is 0 Å². The van der Waals surface area contributed by atoms with Gasteiger partial charge in [-0.3, -0.25) is 4.99 Å². The summed E-state index contributed by atoms with van der Waals surface area (Å²) >= 11 is 0. The monoisotopic (exact) mass is 434 g/mol. The molecule has 1 aliphatic heterocycles. The van der Waals surface area contributed by atoms with Gasteiger partial charge in [0.25, 0.3) is 0 Å². The Morgan fingerprint density at radius 3 is 2.70 bits per heavy atom. The predicted molar refractivity (Wildman–Crippen MR) is 105 cm³/mol. The molecule has 0 unspecified atom stereocenters. The van der Waals surface area contributed by atoms with E-state index in [4.69, 9.17) is 0 Å². The van der Waals surface area contributed by atoms with Crippen LogP contribution in [-0.4, -0.2) is 51.1 Å². The zero-order valence-electron chi connectivity index (χ0n) is 14.0. The standard InChI is InChI=1S/C17H27FN4.HI/c1-19-17(21-13-15-7-10-22(2)11-8-15)20-9-6-14-4-3-5-16(18)12-14;/h3-5,12,15H,6-11,13H2,1-2H3,(H2,19,20,21);1H. The van der Waals surface area contributed by atoms with Crippen LogP contribution in [0.3, 0.4) is 0 Å². The molecule has 1 fully saturated rings. The maximum absolute atomic E-state index is 13.1. The number of nitrogens with zero attached hydrogens (tertiary/aromatic N) is 2. The minimum atomic E-state index is -0.178. The Hall–Kier alpha value is -0.890. The van der Waals surface area contributed by atoms with Crippen LogP contribution in [0.15, 0.2) is 29.3 Å². The van der Waals surface area contributed by atoms with E-state index < -0.39 is 0 Å². The molecule has 1 saturated heterocycles. The molecular weight excluding hydrogens is 406 g/mol. The first-order valence-electron chi connectivity index (χ1n) is 8.05. The van der Waals surface area contributed by atoms with Crippen molar-refractivity contribution in [3.05, 3.63) is 35.6 Å². The lowest BCUT2D eigenvalue weighted by Crippen LogP contribution is -2.42. The Labute approximate surface area is 156 Å². The van der Waals surface area contributed by atoms with Gasteiger partial charge in [0.2, 0.25) is 0 Å². The van der Waals surface area contributed by atoms with Crippen molar-refractivity contribution in [3.8, 4) is 0 Å². The average molecular weight is 434 g/mol. The molecular formula is C17H28FIN4. The molecule has 4 nitrogen and oxygen atoms in total. The number of likely N-dealkylation sites (tertiary alicyclic amines) is 1. The van der Waals surface area contributed by atoms with Crippen molar-refractivity contribution in [2.45, 2.75) is 19.3 Å². The Kier molecular flexibility index (Phi) is 9.47. The Morgan fingerprint density at radius 2 is 2.04 bits per heavy atom. The zero-order valence-corrected chi connectivity index (χ0v) is 16.3. The molecule has 0 radical (unpaired) electrons. The summed E-state index contributed by atoms with van der Waals surface area (Å²) in [5, 5.41) is 6.69. The third kappa shape index (κ3) is 7.48. The summed E-state index contributed by atoms with van der Waals surface area (Å²) in [6, 6.07) is 6.74. The number of piperidine rings is 1. The lowest BCUT2D eigenvalue weighted by Gasteiger charge is -2.29. The first kappa shape index (κ1) is 20.2. The summed E-state index contributed by atoms with van der Waals surface area (Å²) in [5.41, 5.74) is 0.998. The van der Waals surface area contributed by atoms with Gasteiger partial charge in [-0.15, -0.1) is 24.0 Å². The molecule has 1 aromatic carbocycles. The van der Waals surface area contributed by atoms with Gasteiger partial charge in [-0.1, -0.05) is 12.1 Å². The van der Waals surface area contributed by atoms with E-state index in [1.165, 1.54) is 32.0 Å². The molecule has 2 rings (SSSR count). The van der Waals surface area contributed by atoms with Crippen molar-refractivity contribution in [1.82, 2.24) is 15.5 Å². The number of aliphatic imine (C=N–C) groups is 1. The summed E-state index contributed by atoms with van der Waals surface area (Å²) in [4.78, 5) is 6.62. The second kappa shape index (κ2) is 10.8. The molecule has 23 heavy (non-hydrogen) atoms. The maximum Gasteiger partial charge on any atom is 0.190 e. The molecule has 0 saturated carbocycles.